The highest BCUT2D eigenvalue weighted by molar-refractivity contribution is 6.33. The second-order valence-electron chi connectivity index (χ2n) is 6.13. The molecule has 2 aromatic heterocycles. The summed E-state index contributed by atoms with van der Waals surface area (Å²) in [6.45, 7) is 0. The van der Waals surface area contributed by atoms with Crippen molar-refractivity contribution in [3.63, 3.8) is 0 Å². The Bertz CT molecular complexity index is 1120. The predicted octanol–water partition coefficient (Wildman–Crippen LogP) is 4.51. The summed E-state index contributed by atoms with van der Waals surface area (Å²) < 4.78 is 79.6. The summed E-state index contributed by atoms with van der Waals surface area (Å²) in [6.07, 6.45) is -4.12. The van der Waals surface area contributed by atoms with Gasteiger partial charge < -0.3 is 5.73 Å². The van der Waals surface area contributed by atoms with Gasteiger partial charge >= 0.3 is 12.4 Å². The Balaban J connectivity index is 2.13. The molecule has 1 aromatic carbocycles. The van der Waals surface area contributed by atoms with Crippen LogP contribution in [-0.4, -0.2) is 25.7 Å². The highest BCUT2D eigenvalue weighted by Gasteiger charge is 2.37. The number of benzene rings is 1. The van der Waals surface area contributed by atoms with E-state index in [9.17, 15) is 31.1 Å². The van der Waals surface area contributed by atoms with Gasteiger partial charge in [-0.25, -0.2) is 14.6 Å². The third kappa shape index (κ3) is 5.02. The molecule has 162 valence electrons. The van der Waals surface area contributed by atoms with Gasteiger partial charge in [0.2, 0.25) is 0 Å². The summed E-state index contributed by atoms with van der Waals surface area (Å²) >= 11 is 6.01. The van der Waals surface area contributed by atoms with E-state index in [-0.39, 0.29) is 27.9 Å². The first kappa shape index (κ1) is 22.3. The summed E-state index contributed by atoms with van der Waals surface area (Å²) in [4.78, 5) is 19.2. The van der Waals surface area contributed by atoms with E-state index in [2.05, 4.69) is 15.1 Å². The first-order valence-corrected chi connectivity index (χ1v) is 8.55. The number of hydrogen-bond acceptors (Lipinski definition) is 4. The van der Waals surface area contributed by atoms with E-state index in [1.807, 2.05) is 0 Å². The number of aromatic nitrogens is 4. The van der Waals surface area contributed by atoms with Crippen LogP contribution in [0.15, 0.2) is 43.1 Å². The number of hydrogen-bond donors (Lipinski definition) is 1. The Labute approximate surface area is 175 Å². The molecule has 0 saturated carbocycles. The van der Waals surface area contributed by atoms with Crippen molar-refractivity contribution in [3.8, 4) is 11.3 Å². The van der Waals surface area contributed by atoms with Crippen LogP contribution < -0.4 is 5.73 Å². The summed E-state index contributed by atoms with van der Waals surface area (Å²) in [5.74, 6) is -0.901. The minimum Gasteiger partial charge on any atom is -0.366 e. The lowest BCUT2D eigenvalue weighted by Gasteiger charge is -2.13. The Hall–Kier alpha value is -3.41. The molecule has 0 saturated heterocycles. The number of nitrogens with two attached hydrogens (primary N) is 1. The first-order chi connectivity index (χ1) is 14.4. The molecule has 2 N–H and O–H groups in total. The van der Waals surface area contributed by atoms with Gasteiger partial charge in [-0.1, -0.05) is 11.6 Å². The van der Waals surface area contributed by atoms with Crippen LogP contribution in [0, 0.1) is 0 Å². The maximum Gasteiger partial charge on any atom is 0.416 e. The van der Waals surface area contributed by atoms with Gasteiger partial charge in [0.25, 0.3) is 5.91 Å². The Morgan fingerprint density at radius 1 is 1.00 bits per heavy atom. The summed E-state index contributed by atoms with van der Waals surface area (Å²) in [6, 6.07) is 0.990. The van der Waals surface area contributed by atoms with Crippen molar-refractivity contribution >= 4 is 29.3 Å². The van der Waals surface area contributed by atoms with Gasteiger partial charge in [-0.15, -0.1) is 0 Å². The molecule has 0 atom stereocenters. The van der Waals surface area contributed by atoms with Crippen molar-refractivity contribution in [3.05, 3.63) is 64.8 Å². The fourth-order valence-electron chi connectivity index (χ4n) is 2.57. The van der Waals surface area contributed by atoms with E-state index >= 15 is 0 Å². The van der Waals surface area contributed by atoms with E-state index < -0.39 is 35.0 Å². The Morgan fingerprint density at radius 3 is 2.03 bits per heavy atom. The predicted molar refractivity (Wildman–Crippen MR) is 98.1 cm³/mol. The molecule has 3 rings (SSSR count). The molecule has 0 aliphatic rings. The molecular formula is C18H10ClF6N5O. The molecule has 0 radical (unpaired) electrons. The number of amides is 1. The molecule has 3 aromatic rings. The number of carbonyl (C=O) groups excluding carboxylic acids is 1. The minimum absolute atomic E-state index is 0.00506. The smallest absolute Gasteiger partial charge is 0.366 e. The number of carbonyl (C=O) groups is 1. The maximum absolute atomic E-state index is 13.1. The SMILES string of the molecule is NC(=O)/C(=C/n1cc(Cl)c(-c2cc(C(F)(F)F)cc(C(F)(F)F)c2)n1)c1cncnc1. The number of halogens is 7. The Kier molecular flexibility index (Phi) is 5.77. The largest absolute Gasteiger partial charge is 0.416 e. The fourth-order valence-corrected chi connectivity index (χ4v) is 2.82. The zero-order valence-corrected chi connectivity index (χ0v) is 15.8. The molecular weight excluding hydrogens is 452 g/mol. The first-order valence-electron chi connectivity index (χ1n) is 8.18. The standard InChI is InChI=1S/C18H10ClF6N5O/c19-14-7-30(6-13(16(26)31)10-4-27-8-28-5-10)29-15(14)9-1-11(17(20,21)22)3-12(2-9)18(23,24)25/h1-8H,(H2,26,31)/b13-6+. The van der Waals surface area contributed by atoms with E-state index in [0.717, 1.165) is 17.1 Å². The van der Waals surface area contributed by atoms with Crippen molar-refractivity contribution in [2.45, 2.75) is 12.4 Å². The van der Waals surface area contributed by atoms with Crippen molar-refractivity contribution in [1.82, 2.24) is 19.7 Å². The van der Waals surface area contributed by atoms with Gasteiger partial charge in [-0.05, 0) is 18.2 Å². The Morgan fingerprint density at radius 2 is 1.55 bits per heavy atom. The second kappa shape index (κ2) is 8.02. The third-order valence-corrected chi connectivity index (χ3v) is 4.22. The lowest BCUT2D eigenvalue weighted by atomic mass is 10.0. The third-order valence-electron chi connectivity index (χ3n) is 3.95. The molecule has 0 bridgehead atoms. The van der Waals surface area contributed by atoms with Gasteiger partial charge in [0.05, 0.1) is 21.7 Å². The molecule has 0 fully saturated rings. The number of primary amides is 1. The van der Waals surface area contributed by atoms with Crippen LogP contribution in [0.2, 0.25) is 5.02 Å². The fraction of sp³-hybridized carbons (Fsp3) is 0.111. The van der Waals surface area contributed by atoms with E-state index in [1.54, 1.807) is 0 Å². The zero-order valence-electron chi connectivity index (χ0n) is 15.0. The van der Waals surface area contributed by atoms with E-state index in [4.69, 9.17) is 17.3 Å². The van der Waals surface area contributed by atoms with Crippen molar-refractivity contribution in [2.24, 2.45) is 5.73 Å². The zero-order chi connectivity index (χ0) is 23.0. The quantitative estimate of drug-likeness (QED) is 0.457. The molecule has 6 nitrogen and oxygen atoms in total. The maximum atomic E-state index is 13.1. The van der Waals surface area contributed by atoms with Crippen molar-refractivity contribution in [1.29, 1.82) is 0 Å². The van der Waals surface area contributed by atoms with Crippen LogP contribution in [0.25, 0.3) is 23.0 Å². The van der Waals surface area contributed by atoms with Crippen molar-refractivity contribution in [2.75, 3.05) is 0 Å². The molecule has 0 spiro atoms. The van der Waals surface area contributed by atoms with Gasteiger partial charge in [-0.2, -0.15) is 31.4 Å². The highest BCUT2D eigenvalue weighted by Crippen LogP contribution is 2.39. The van der Waals surface area contributed by atoms with Gasteiger partial charge in [-0.3, -0.25) is 4.79 Å². The lowest BCUT2D eigenvalue weighted by molar-refractivity contribution is -0.143. The van der Waals surface area contributed by atoms with Crippen molar-refractivity contribution < 1.29 is 31.1 Å². The van der Waals surface area contributed by atoms with E-state index in [1.165, 1.54) is 18.7 Å². The van der Waals surface area contributed by atoms with Gasteiger partial charge in [0.15, 0.2) is 0 Å². The molecule has 2 heterocycles. The van der Waals surface area contributed by atoms with Crippen LogP contribution in [0.5, 0.6) is 0 Å². The summed E-state index contributed by atoms with van der Waals surface area (Å²) in [5, 5.41) is 3.65. The second-order valence-corrected chi connectivity index (χ2v) is 6.54. The van der Waals surface area contributed by atoms with Crippen LogP contribution in [0.4, 0.5) is 26.3 Å². The van der Waals surface area contributed by atoms with E-state index in [0.29, 0.717) is 12.1 Å². The number of alkyl halides is 6. The lowest BCUT2D eigenvalue weighted by Crippen LogP contribution is -2.14. The van der Waals surface area contributed by atoms with Crippen LogP contribution in [0.3, 0.4) is 0 Å². The van der Waals surface area contributed by atoms with Gasteiger partial charge in [0.1, 0.15) is 12.0 Å². The van der Waals surface area contributed by atoms with Gasteiger partial charge in [0, 0.05) is 35.9 Å². The summed E-state index contributed by atoms with van der Waals surface area (Å²) in [7, 11) is 0. The monoisotopic (exact) mass is 461 g/mol. The average Bonchev–Trinajstić information content (AvgIpc) is 3.05. The topological polar surface area (TPSA) is 86.7 Å². The van der Waals surface area contributed by atoms with Crippen LogP contribution in [0.1, 0.15) is 16.7 Å². The number of rotatable bonds is 4. The summed E-state index contributed by atoms with van der Waals surface area (Å²) in [5.41, 5.74) is 1.51. The molecule has 13 heteroatoms. The molecule has 31 heavy (non-hydrogen) atoms. The molecule has 1 amide bonds. The number of nitrogens with zero attached hydrogens (tertiary/aromatic N) is 4. The highest BCUT2D eigenvalue weighted by atomic mass is 35.5. The molecule has 0 aliphatic heterocycles. The average molecular weight is 462 g/mol. The van der Waals surface area contributed by atoms with Crippen LogP contribution >= 0.6 is 11.6 Å². The molecule has 0 aliphatic carbocycles. The van der Waals surface area contributed by atoms with Crippen LogP contribution in [-0.2, 0) is 17.1 Å². The molecule has 0 unspecified atom stereocenters. The normalized spacial score (nSPS) is 12.8. The minimum atomic E-state index is -5.03.